The smallest absolute Gasteiger partial charge is 0.248 e. The number of aryl methyl sites for hydroxylation is 2. The highest BCUT2D eigenvalue weighted by atomic mass is 127. The van der Waals surface area contributed by atoms with Gasteiger partial charge in [0.25, 0.3) is 0 Å². The van der Waals surface area contributed by atoms with Crippen molar-refractivity contribution in [2.45, 2.75) is 136 Å². The van der Waals surface area contributed by atoms with Crippen molar-refractivity contribution in [3.63, 3.8) is 0 Å². The van der Waals surface area contributed by atoms with E-state index in [4.69, 9.17) is 43.7 Å². The number of pyridine rings is 1. The minimum absolute atomic E-state index is 0.00361. The van der Waals surface area contributed by atoms with Crippen LogP contribution in [-0.4, -0.2) is 101 Å². The average Bonchev–Trinajstić information content (AvgIpc) is 3.78. The van der Waals surface area contributed by atoms with Crippen LogP contribution in [0.1, 0.15) is 90.2 Å². The zero-order valence-electron chi connectivity index (χ0n) is 37.4. The fourth-order valence-electron chi connectivity index (χ4n) is 6.83. The summed E-state index contributed by atoms with van der Waals surface area (Å²) in [5.41, 5.74) is 5.32. The van der Waals surface area contributed by atoms with Gasteiger partial charge < -0.3 is 23.4 Å². The van der Waals surface area contributed by atoms with E-state index in [0.717, 1.165) is 81.3 Å². The predicted octanol–water partition coefficient (Wildman–Crippen LogP) is 9.85. The topological polar surface area (TPSA) is 116 Å². The first kappa shape index (κ1) is 46.4. The highest BCUT2D eigenvalue weighted by Gasteiger charge is 2.38. The molecule has 0 amide bonds. The van der Waals surface area contributed by atoms with Crippen molar-refractivity contribution in [3.8, 4) is 23.0 Å². The van der Waals surface area contributed by atoms with Crippen molar-refractivity contribution in [3.05, 3.63) is 39.5 Å². The predicted molar refractivity (Wildman–Crippen MR) is 247 cm³/mol. The highest BCUT2D eigenvalue weighted by molar-refractivity contribution is 14.1. The van der Waals surface area contributed by atoms with Gasteiger partial charge in [-0.05, 0) is 105 Å². The summed E-state index contributed by atoms with van der Waals surface area (Å²) in [4.78, 5) is 7.34. The molecule has 0 aromatic carbocycles. The summed E-state index contributed by atoms with van der Waals surface area (Å²) in [7, 11) is -1.25. The Balaban J connectivity index is 1.35. The Bertz CT molecular complexity index is 1990. The molecule has 4 aromatic rings. The molecule has 0 radical (unpaired) electrons. The zero-order chi connectivity index (χ0) is 42.6. The lowest BCUT2D eigenvalue weighted by Gasteiger charge is -2.37. The number of nitrogens with zero attached hydrogens (tertiary/aromatic N) is 8. The van der Waals surface area contributed by atoms with Gasteiger partial charge in [-0.15, -0.1) is 5.10 Å². The standard InChI is InChI=1S/C42H69IN8O5Si2/c1-15-33-32-23-34(44-24-35(32)51(46-33)37-19-17-18-20-53-37)38-31(5)45-48(9)41(38)56-30(4)25-49(16-2)26-36-39(43)40(54-28-52-21-22-57(10,11)12)47-50(36)29(3)27-55-58(13,14)42(6,7)8/h15,23-24,29-30,37H,1,16-22,25-28H2,2-14H3/t29-,30-,37?/m0/s1. The largest absolute Gasteiger partial charge is 0.473 e. The Kier molecular flexibility index (Phi) is 15.5. The third kappa shape index (κ3) is 11.2. The molecular formula is C42H69IN8O5Si2. The van der Waals surface area contributed by atoms with Gasteiger partial charge in [-0.2, -0.15) is 10.2 Å². The van der Waals surface area contributed by atoms with Gasteiger partial charge in [0, 0.05) is 46.8 Å². The SMILES string of the molecule is C=Cc1nn(C2CCCCO2)c2cnc(-c3c(C)nn(C)c3O[C@@H](C)CN(CC)Cc3c(I)c(OCOCC[Si](C)(C)C)nn3[C@@H](C)CO[Si](C)(C)C(C)(C)C)cc12. The Labute approximate surface area is 362 Å². The van der Waals surface area contributed by atoms with Gasteiger partial charge in [0.2, 0.25) is 11.8 Å². The Hall–Kier alpha value is -2.62. The second kappa shape index (κ2) is 19.4. The van der Waals surface area contributed by atoms with Crippen LogP contribution in [0.15, 0.2) is 18.8 Å². The molecule has 58 heavy (non-hydrogen) atoms. The molecule has 4 aromatic heterocycles. The normalized spacial score (nSPS) is 16.6. The number of hydrogen-bond donors (Lipinski definition) is 0. The Morgan fingerprint density at radius 1 is 1.12 bits per heavy atom. The lowest BCUT2D eigenvalue weighted by molar-refractivity contribution is -0.0367. The Morgan fingerprint density at radius 3 is 2.50 bits per heavy atom. The van der Waals surface area contributed by atoms with Crippen molar-refractivity contribution >= 4 is 56.0 Å². The van der Waals surface area contributed by atoms with Gasteiger partial charge in [0.1, 0.15) is 6.10 Å². The third-order valence-electron chi connectivity index (χ3n) is 11.4. The first-order valence-electron chi connectivity index (χ1n) is 20.9. The minimum Gasteiger partial charge on any atom is -0.473 e. The number of aromatic nitrogens is 7. The number of halogens is 1. The van der Waals surface area contributed by atoms with Crippen LogP contribution < -0.4 is 9.47 Å². The van der Waals surface area contributed by atoms with E-state index in [2.05, 4.69) is 119 Å². The lowest BCUT2D eigenvalue weighted by atomic mass is 10.1. The quantitative estimate of drug-likeness (QED) is 0.0367. The summed E-state index contributed by atoms with van der Waals surface area (Å²) in [5, 5.41) is 15.8. The van der Waals surface area contributed by atoms with E-state index < -0.39 is 16.4 Å². The van der Waals surface area contributed by atoms with Crippen LogP contribution >= 0.6 is 22.6 Å². The van der Waals surface area contributed by atoms with E-state index in [9.17, 15) is 0 Å². The van der Waals surface area contributed by atoms with E-state index in [-0.39, 0.29) is 30.2 Å². The molecule has 0 bridgehead atoms. The highest BCUT2D eigenvalue weighted by Crippen LogP contribution is 2.38. The molecule has 0 N–H and O–H groups in total. The summed E-state index contributed by atoms with van der Waals surface area (Å²) in [6.45, 7) is 35.3. The van der Waals surface area contributed by atoms with Gasteiger partial charge in [0.15, 0.2) is 21.3 Å². The van der Waals surface area contributed by atoms with Crippen LogP contribution in [0, 0.1) is 10.5 Å². The van der Waals surface area contributed by atoms with E-state index in [0.29, 0.717) is 38.1 Å². The fourth-order valence-corrected chi connectivity index (χ4v) is 9.36. The molecule has 1 aliphatic heterocycles. The van der Waals surface area contributed by atoms with Crippen LogP contribution in [0.25, 0.3) is 28.2 Å². The summed E-state index contributed by atoms with van der Waals surface area (Å²) >= 11 is 2.39. The zero-order valence-corrected chi connectivity index (χ0v) is 41.6. The molecule has 5 rings (SSSR count). The summed E-state index contributed by atoms with van der Waals surface area (Å²) in [6, 6.07) is 3.17. The Morgan fingerprint density at radius 2 is 1.86 bits per heavy atom. The van der Waals surface area contributed by atoms with E-state index >= 15 is 0 Å². The van der Waals surface area contributed by atoms with E-state index in [1.165, 1.54) is 0 Å². The molecule has 5 heterocycles. The summed E-state index contributed by atoms with van der Waals surface area (Å²) in [5.74, 6) is 1.27. The summed E-state index contributed by atoms with van der Waals surface area (Å²) in [6.07, 6.45) is 6.54. The van der Waals surface area contributed by atoms with Crippen molar-refractivity contribution in [1.29, 1.82) is 0 Å². The molecule has 13 nitrogen and oxygen atoms in total. The molecule has 1 unspecified atom stereocenters. The third-order valence-corrected chi connectivity index (χ3v) is 18.7. The monoisotopic (exact) mass is 948 g/mol. The second-order valence-corrected chi connectivity index (χ2v) is 30.0. The van der Waals surface area contributed by atoms with Crippen molar-refractivity contribution in [1.82, 2.24) is 39.2 Å². The van der Waals surface area contributed by atoms with Gasteiger partial charge in [-0.3, -0.25) is 14.6 Å². The maximum atomic E-state index is 6.79. The first-order chi connectivity index (χ1) is 27.2. The van der Waals surface area contributed by atoms with Crippen LogP contribution in [0.3, 0.4) is 0 Å². The molecule has 1 aliphatic rings. The fraction of sp³-hybridized carbons (Fsp3) is 0.667. The van der Waals surface area contributed by atoms with Crippen LogP contribution in [0.5, 0.6) is 11.8 Å². The maximum absolute atomic E-state index is 6.79. The molecule has 0 spiro atoms. The van der Waals surface area contributed by atoms with Gasteiger partial charge in [-0.1, -0.05) is 53.9 Å². The number of fused-ring (bicyclic) bond motifs is 1. The minimum atomic E-state index is -1.97. The first-order valence-corrected chi connectivity index (χ1v) is 28.6. The van der Waals surface area contributed by atoms with Crippen molar-refractivity contribution in [2.24, 2.45) is 7.05 Å². The molecule has 16 heteroatoms. The number of likely N-dealkylation sites (N-methyl/N-ethyl adjacent to an activating group) is 1. The van der Waals surface area contributed by atoms with E-state index in [1.807, 2.05) is 29.5 Å². The molecular weight excluding hydrogens is 880 g/mol. The molecule has 0 saturated carbocycles. The molecule has 3 atom stereocenters. The molecule has 322 valence electrons. The lowest BCUT2D eigenvalue weighted by Crippen LogP contribution is -2.42. The van der Waals surface area contributed by atoms with Gasteiger partial charge in [0.05, 0.1) is 56.3 Å². The van der Waals surface area contributed by atoms with Crippen LogP contribution in [0.4, 0.5) is 0 Å². The van der Waals surface area contributed by atoms with Crippen molar-refractivity contribution in [2.75, 3.05) is 39.7 Å². The van der Waals surface area contributed by atoms with Crippen LogP contribution in [-0.2, 0) is 27.5 Å². The molecule has 1 saturated heterocycles. The van der Waals surface area contributed by atoms with Crippen LogP contribution in [0.2, 0.25) is 43.8 Å². The number of ether oxygens (including phenoxy) is 4. The second-order valence-electron chi connectivity index (χ2n) is 18.5. The van der Waals surface area contributed by atoms with Gasteiger partial charge >= 0.3 is 0 Å². The van der Waals surface area contributed by atoms with E-state index in [1.54, 1.807) is 6.08 Å². The molecule has 0 aliphatic carbocycles. The average molecular weight is 949 g/mol. The van der Waals surface area contributed by atoms with Crippen molar-refractivity contribution < 1.29 is 23.4 Å². The molecule has 1 fully saturated rings. The summed E-state index contributed by atoms with van der Waals surface area (Å²) < 4.78 is 38.5. The maximum Gasteiger partial charge on any atom is 0.248 e. The number of rotatable bonds is 20. The van der Waals surface area contributed by atoms with Gasteiger partial charge in [-0.25, -0.2) is 9.36 Å². The number of hydrogen-bond acceptors (Lipinski definition) is 10.